The summed E-state index contributed by atoms with van der Waals surface area (Å²) in [5.74, 6) is 1.07. The molecule has 2 fully saturated rings. The fraction of sp³-hybridized carbons (Fsp3) is 0.375. The van der Waals surface area contributed by atoms with Crippen molar-refractivity contribution in [3.05, 3.63) is 36.2 Å². The standard InChI is InChI=1S/C24H26FN8O7P/c1-11-27-7-15(8-28-11)40-23-30-21-19(22(31-23)33-9-12-3-14(33)6-17(12)26)16-4-13(25)5-18(20(16)29-21)32(2)24(34)38-10-39-41(35,36)37/h4-5,7-8,12,14,17H,3,6,9-10,26H2,1-2H3,(H,29,30,31)(H2,35,36,37). The molecule has 1 aromatic carbocycles. The molecule has 4 heterocycles. The van der Waals surface area contributed by atoms with Crippen LogP contribution in [-0.2, 0) is 13.8 Å². The maximum absolute atomic E-state index is 15.0. The summed E-state index contributed by atoms with van der Waals surface area (Å²) in [5.41, 5.74) is 7.06. The van der Waals surface area contributed by atoms with Gasteiger partial charge < -0.3 is 34.9 Å². The van der Waals surface area contributed by atoms with Gasteiger partial charge >= 0.3 is 19.9 Å². The number of nitrogens with one attached hydrogen (secondary N) is 1. The first-order valence-electron chi connectivity index (χ1n) is 12.6. The summed E-state index contributed by atoms with van der Waals surface area (Å²) in [5, 5.41) is 0.939. The molecule has 6 rings (SSSR count). The molecule has 2 aliphatic rings. The number of benzene rings is 1. The number of amides is 1. The number of piperidine rings is 1. The molecule has 1 saturated carbocycles. The van der Waals surface area contributed by atoms with Gasteiger partial charge in [-0.15, -0.1) is 0 Å². The summed E-state index contributed by atoms with van der Waals surface area (Å²) in [6.45, 7) is 1.40. The van der Waals surface area contributed by atoms with E-state index in [1.165, 1.54) is 25.5 Å². The second-order valence-electron chi connectivity index (χ2n) is 10.0. The van der Waals surface area contributed by atoms with Crippen molar-refractivity contribution in [2.24, 2.45) is 11.7 Å². The zero-order valence-corrected chi connectivity index (χ0v) is 22.8. The van der Waals surface area contributed by atoms with Gasteiger partial charge in [-0.25, -0.2) is 28.2 Å². The van der Waals surface area contributed by atoms with Gasteiger partial charge in [0, 0.05) is 31.1 Å². The van der Waals surface area contributed by atoms with E-state index in [9.17, 15) is 9.36 Å². The zero-order valence-electron chi connectivity index (χ0n) is 21.9. The number of nitrogens with zero attached hydrogens (tertiary/aromatic N) is 6. The lowest BCUT2D eigenvalue weighted by atomic mass is 10.0. The number of carbonyl (C=O) groups excluding carboxylic acids is 1. The fourth-order valence-electron chi connectivity index (χ4n) is 5.46. The van der Waals surface area contributed by atoms with E-state index >= 15 is 4.39 Å². The van der Waals surface area contributed by atoms with Crippen LogP contribution >= 0.6 is 7.82 Å². The Morgan fingerprint density at radius 2 is 2.02 bits per heavy atom. The average Bonchev–Trinajstić information content (AvgIpc) is 3.60. The van der Waals surface area contributed by atoms with E-state index in [2.05, 4.69) is 29.4 Å². The smallest absolute Gasteiger partial charge is 0.421 e. The van der Waals surface area contributed by atoms with E-state index in [1.54, 1.807) is 6.92 Å². The molecule has 0 spiro atoms. The van der Waals surface area contributed by atoms with E-state index in [-0.39, 0.29) is 29.7 Å². The molecule has 3 aromatic heterocycles. The number of phosphoric ester groups is 1. The largest absolute Gasteiger partial charge is 0.472 e. The van der Waals surface area contributed by atoms with Crippen LogP contribution < -0.4 is 20.3 Å². The Morgan fingerprint density at radius 3 is 2.68 bits per heavy atom. The maximum Gasteiger partial charge on any atom is 0.472 e. The van der Waals surface area contributed by atoms with Crippen LogP contribution in [0.2, 0.25) is 0 Å². The second-order valence-corrected chi connectivity index (χ2v) is 11.2. The Bertz CT molecular complexity index is 1700. The Balaban J connectivity index is 1.44. The molecule has 216 valence electrons. The third-order valence-corrected chi connectivity index (χ3v) is 7.78. The molecular formula is C24H26FN8O7P. The van der Waals surface area contributed by atoms with Crippen LogP contribution in [0.1, 0.15) is 18.7 Å². The van der Waals surface area contributed by atoms with E-state index in [4.69, 9.17) is 30.0 Å². The molecule has 5 N–H and O–H groups in total. The SMILES string of the molecule is Cc1ncc(Oc2nc(N3CC4CC3CC4N)c3c(n2)[nH]c2c(N(C)C(=O)OCOP(=O)(O)O)cc(F)cc23)cn1. The topological polar surface area (TPSA) is 202 Å². The molecule has 1 aliphatic heterocycles. The van der Waals surface area contributed by atoms with E-state index in [0.717, 1.165) is 23.8 Å². The summed E-state index contributed by atoms with van der Waals surface area (Å²) in [6, 6.07) is 2.68. The van der Waals surface area contributed by atoms with Crippen LogP contribution in [0.3, 0.4) is 0 Å². The fourth-order valence-corrected chi connectivity index (χ4v) is 5.65. The maximum atomic E-state index is 15.0. The van der Waals surface area contributed by atoms with Crippen molar-refractivity contribution in [3.63, 3.8) is 0 Å². The number of hydrogen-bond acceptors (Lipinski definition) is 11. The molecule has 1 saturated heterocycles. The first-order valence-corrected chi connectivity index (χ1v) is 14.1. The van der Waals surface area contributed by atoms with Crippen LogP contribution in [0.4, 0.5) is 20.7 Å². The Hall–Kier alpha value is -3.95. The molecule has 0 radical (unpaired) electrons. The minimum Gasteiger partial charge on any atom is -0.421 e. The van der Waals surface area contributed by atoms with Gasteiger partial charge in [-0.1, -0.05) is 0 Å². The van der Waals surface area contributed by atoms with E-state index in [0.29, 0.717) is 45.9 Å². The van der Waals surface area contributed by atoms with Crippen molar-refractivity contribution in [2.75, 3.05) is 30.2 Å². The summed E-state index contributed by atoms with van der Waals surface area (Å²) in [7, 11) is -3.54. The number of phosphoric acid groups is 1. The molecule has 3 unspecified atom stereocenters. The van der Waals surface area contributed by atoms with Gasteiger partial charge in [-0.05, 0) is 37.8 Å². The van der Waals surface area contributed by atoms with Crippen molar-refractivity contribution in [1.82, 2.24) is 24.9 Å². The zero-order chi connectivity index (χ0) is 29.1. The third kappa shape index (κ3) is 5.27. The quantitative estimate of drug-likeness (QED) is 0.181. The average molecular weight is 588 g/mol. The van der Waals surface area contributed by atoms with E-state index in [1.807, 2.05) is 0 Å². The van der Waals surface area contributed by atoms with E-state index < -0.39 is 26.5 Å². The summed E-state index contributed by atoms with van der Waals surface area (Å²) >= 11 is 0. The van der Waals surface area contributed by atoms with Crippen molar-refractivity contribution in [3.8, 4) is 11.8 Å². The number of carbonyl (C=O) groups is 1. The minimum atomic E-state index is -4.86. The molecule has 17 heteroatoms. The van der Waals surface area contributed by atoms with Crippen molar-refractivity contribution in [2.45, 2.75) is 31.8 Å². The van der Waals surface area contributed by atoms with Crippen LogP contribution in [0.5, 0.6) is 11.8 Å². The molecule has 41 heavy (non-hydrogen) atoms. The molecule has 1 amide bonds. The van der Waals surface area contributed by atoms with Gasteiger partial charge in [-0.3, -0.25) is 4.90 Å². The highest BCUT2D eigenvalue weighted by atomic mass is 31.2. The molecular weight excluding hydrogens is 562 g/mol. The van der Waals surface area contributed by atoms with Gasteiger partial charge in [0.25, 0.3) is 0 Å². The highest BCUT2D eigenvalue weighted by Gasteiger charge is 2.44. The molecule has 1 aliphatic carbocycles. The Kier molecular flexibility index (Phi) is 6.74. The first-order chi connectivity index (χ1) is 19.5. The lowest BCUT2D eigenvalue weighted by molar-refractivity contribution is 0.0440. The second kappa shape index (κ2) is 10.2. The lowest BCUT2D eigenvalue weighted by Gasteiger charge is -2.31. The number of nitrogens with two attached hydrogens (primary N) is 1. The lowest BCUT2D eigenvalue weighted by Crippen LogP contribution is -2.41. The minimum absolute atomic E-state index is 0.0166. The normalized spacial score (nSPS) is 20.2. The van der Waals surface area contributed by atoms with Crippen LogP contribution in [0, 0.1) is 18.7 Å². The number of aromatic amines is 1. The van der Waals surface area contributed by atoms with Crippen LogP contribution in [-0.4, -0.2) is 73.3 Å². The van der Waals surface area contributed by atoms with Crippen LogP contribution in [0.25, 0.3) is 21.9 Å². The summed E-state index contributed by atoms with van der Waals surface area (Å²) in [4.78, 5) is 54.1. The molecule has 3 atom stereocenters. The monoisotopic (exact) mass is 588 g/mol. The van der Waals surface area contributed by atoms with Crippen molar-refractivity contribution < 1.29 is 37.5 Å². The number of aryl methyl sites for hydroxylation is 1. The summed E-state index contributed by atoms with van der Waals surface area (Å²) < 4.78 is 40.8. The van der Waals surface area contributed by atoms with Gasteiger partial charge in [0.2, 0.25) is 6.79 Å². The van der Waals surface area contributed by atoms with Gasteiger partial charge in [-0.2, -0.15) is 9.97 Å². The van der Waals surface area contributed by atoms with Gasteiger partial charge in [0.15, 0.2) is 5.75 Å². The predicted octanol–water partition coefficient (Wildman–Crippen LogP) is 2.71. The Labute approximate surface area is 231 Å². The number of aromatic nitrogens is 5. The third-order valence-electron chi connectivity index (χ3n) is 7.34. The Morgan fingerprint density at radius 1 is 1.27 bits per heavy atom. The summed E-state index contributed by atoms with van der Waals surface area (Å²) in [6.07, 6.45) is 3.65. The number of anilines is 2. The van der Waals surface area contributed by atoms with Crippen molar-refractivity contribution in [1.29, 1.82) is 0 Å². The number of hydrogen-bond donors (Lipinski definition) is 4. The van der Waals surface area contributed by atoms with Crippen molar-refractivity contribution >= 4 is 47.4 Å². The first kappa shape index (κ1) is 27.2. The molecule has 4 aromatic rings. The van der Waals surface area contributed by atoms with Crippen LogP contribution in [0.15, 0.2) is 24.5 Å². The highest BCUT2D eigenvalue weighted by molar-refractivity contribution is 7.46. The number of rotatable bonds is 7. The number of halogens is 1. The number of fused-ring (bicyclic) bond motifs is 5. The number of ether oxygens (including phenoxy) is 2. The molecule has 2 bridgehead atoms. The number of H-pyrrole nitrogens is 1. The van der Waals surface area contributed by atoms with Gasteiger partial charge in [0.1, 0.15) is 23.1 Å². The van der Waals surface area contributed by atoms with Gasteiger partial charge in [0.05, 0.1) is 29.0 Å². The predicted molar refractivity (Wildman–Crippen MR) is 143 cm³/mol. The molecule has 15 nitrogen and oxygen atoms in total. The highest BCUT2D eigenvalue weighted by Crippen LogP contribution is 2.44.